The van der Waals surface area contributed by atoms with Gasteiger partial charge in [0.1, 0.15) is 18.4 Å². The minimum absolute atomic E-state index is 0.0254. The predicted molar refractivity (Wildman–Crippen MR) is 98.8 cm³/mol. The van der Waals surface area contributed by atoms with Gasteiger partial charge in [-0.25, -0.2) is 4.99 Å². The first-order chi connectivity index (χ1) is 12.1. The molecule has 1 heterocycles. The average Bonchev–Trinajstić information content (AvgIpc) is 3.44. The molecule has 0 bridgehead atoms. The zero-order valence-corrected chi connectivity index (χ0v) is 15.1. The first-order valence-corrected chi connectivity index (χ1v) is 9.09. The SMILES string of the molecule is CN(C)C(=O)CN=C(NC1CC1)N1CCC(Oc2ccccc2)CC1. The van der Waals surface area contributed by atoms with Crippen LogP contribution >= 0.6 is 0 Å². The summed E-state index contributed by atoms with van der Waals surface area (Å²) in [4.78, 5) is 20.2. The first-order valence-electron chi connectivity index (χ1n) is 9.09. The zero-order valence-electron chi connectivity index (χ0n) is 15.1. The zero-order chi connectivity index (χ0) is 17.6. The maximum absolute atomic E-state index is 11.8. The van der Waals surface area contributed by atoms with Gasteiger partial charge in [-0.15, -0.1) is 0 Å². The fourth-order valence-corrected chi connectivity index (χ4v) is 2.81. The molecule has 1 amide bonds. The van der Waals surface area contributed by atoms with Gasteiger partial charge in [-0.2, -0.15) is 0 Å². The Hall–Kier alpha value is -2.24. The van der Waals surface area contributed by atoms with Crippen molar-refractivity contribution in [3.63, 3.8) is 0 Å². The highest BCUT2D eigenvalue weighted by Gasteiger charge is 2.28. The highest BCUT2D eigenvalue weighted by atomic mass is 16.5. The van der Waals surface area contributed by atoms with Crippen molar-refractivity contribution >= 4 is 11.9 Å². The molecule has 25 heavy (non-hydrogen) atoms. The molecule has 2 aliphatic rings. The summed E-state index contributed by atoms with van der Waals surface area (Å²) >= 11 is 0. The van der Waals surface area contributed by atoms with Crippen LogP contribution in [0.25, 0.3) is 0 Å². The molecule has 0 spiro atoms. The number of nitrogens with zero attached hydrogens (tertiary/aromatic N) is 3. The van der Waals surface area contributed by atoms with Gasteiger partial charge in [-0.3, -0.25) is 4.79 Å². The Balaban J connectivity index is 1.54. The van der Waals surface area contributed by atoms with Crippen LogP contribution < -0.4 is 10.1 Å². The van der Waals surface area contributed by atoms with Gasteiger partial charge in [0.25, 0.3) is 0 Å². The van der Waals surface area contributed by atoms with Crippen molar-refractivity contribution in [1.82, 2.24) is 15.1 Å². The van der Waals surface area contributed by atoms with Crippen molar-refractivity contribution < 1.29 is 9.53 Å². The third kappa shape index (κ3) is 5.37. The van der Waals surface area contributed by atoms with E-state index in [1.165, 1.54) is 12.8 Å². The van der Waals surface area contributed by atoms with E-state index in [0.29, 0.717) is 6.04 Å². The number of benzene rings is 1. The largest absolute Gasteiger partial charge is 0.490 e. The summed E-state index contributed by atoms with van der Waals surface area (Å²) in [6.07, 6.45) is 4.54. The van der Waals surface area contributed by atoms with E-state index in [2.05, 4.69) is 15.2 Å². The molecule has 1 aliphatic carbocycles. The number of para-hydroxylation sites is 1. The summed E-state index contributed by atoms with van der Waals surface area (Å²) in [6.45, 7) is 1.99. The summed E-state index contributed by atoms with van der Waals surface area (Å²) < 4.78 is 6.06. The summed E-state index contributed by atoms with van der Waals surface area (Å²) in [6, 6.07) is 10.5. The molecule has 1 aromatic rings. The maximum atomic E-state index is 11.8. The molecule has 1 aliphatic heterocycles. The normalized spacial score (nSPS) is 18.8. The molecule has 2 fully saturated rings. The molecule has 0 atom stereocenters. The summed E-state index contributed by atoms with van der Waals surface area (Å²) in [5.74, 6) is 1.83. The van der Waals surface area contributed by atoms with Crippen molar-refractivity contribution in [2.45, 2.75) is 37.8 Å². The van der Waals surface area contributed by atoms with Gasteiger partial charge in [0, 0.05) is 46.1 Å². The van der Waals surface area contributed by atoms with E-state index in [1.807, 2.05) is 30.3 Å². The number of carbonyl (C=O) groups is 1. The summed E-state index contributed by atoms with van der Waals surface area (Å²) in [5.41, 5.74) is 0. The highest BCUT2D eigenvalue weighted by molar-refractivity contribution is 5.85. The third-order valence-electron chi connectivity index (χ3n) is 4.56. The van der Waals surface area contributed by atoms with Crippen LogP contribution in [0.15, 0.2) is 35.3 Å². The van der Waals surface area contributed by atoms with Gasteiger partial charge in [-0.05, 0) is 25.0 Å². The first kappa shape index (κ1) is 17.6. The van der Waals surface area contributed by atoms with Gasteiger partial charge >= 0.3 is 0 Å². The molecule has 0 unspecified atom stereocenters. The minimum Gasteiger partial charge on any atom is -0.490 e. The van der Waals surface area contributed by atoms with E-state index < -0.39 is 0 Å². The quantitative estimate of drug-likeness (QED) is 0.653. The van der Waals surface area contributed by atoms with Gasteiger partial charge in [0.2, 0.25) is 5.91 Å². The molecule has 6 nitrogen and oxygen atoms in total. The van der Waals surface area contributed by atoms with Gasteiger partial charge in [0.05, 0.1) is 0 Å². The Labute approximate surface area is 149 Å². The summed E-state index contributed by atoms with van der Waals surface area (Å²) in [5, 5.41) is 3.48. The number of hydrogen-bond donors (Lipinski definition) is 1. The Morgan fingerprint density at radius 2 is 1.88 bits per heavy atom. The number of rotatable bonds is 5. The molecule has 1 aromatic carbocycles. The van der Waals surface area contributed by atoms with Crippen molar-refractivity contribution in [3.05, 3.63) is 30.3 Å². The summed E-state index contributed by atoms with van der Waals surface area (Å²) in [7, 11) is 3.52. The number of nitrogens with one attached hydrogen (secondary N) is 1. The van der Waals surface area contributed by atoms with Crippen molar-refractivity contribution in [3.8, 4) is 5.75 Å². The van der Waals surface area contributed by atoms with Crippen LogP contribution in [0.4, 0.5) is 0 Å². The number of guanidine groups is 1. The van der Waals surface area contributed by atoms with E-state index in [0.717, 1.165) is 37.6 Å². The molecule has 1 saturated carbocycles. The highest BCUT2D eigenvalue weighted by Crippen LogP contribution is 2.21. The number of hydrogen-bond acceptors (Lipinski definition) is 3. The lowest BCUT2D eigenvalue weighted by molar-refractivity contribution is -0.127. The van der Waals surface area contributed by atoms with Crippen LogP contribution in [0.3, 0.4) is 0 Å². The fourth-order valence-electron chi connectivity index (χ4n) is 2.81. The average molecular weight is 344 g/mol. The fraction of sp³-hybridized carbons (Fsp3) is 0.579. The molecule has 0 radical (unpaired) electrons. The second-order valence-electron chi connectivity index (χ2n) is 6.96. The monoisotopic (exact) mass is 344 g/mol. The van der Waals surface area contributed by atoms with E-state index in [-0.39, 0.29) is 18.6 Å². The number of aliphatic imine (C=N–C) groups is 1. The number of amides is 1. The Morgan fingerprint density at radius 1 is 1.20 bits per heavy atom. The van der Waals surface area contributed by atoms with Crippen molar-refractivity contribution in [1.29, 1.82) is 0 Å². The second-order valence-corrected chi connectivity index (χ2v) is 6.96. The maximum Gasteiger partial charge on any atom is 0.243 e. The number of carbonyl (C=O) groups excluding carboxylic acids is 1. The number of likely N-dealkylation sites (N-methyl/N-ethyl adjacent to an activating group) is 1. The lowest BCUT2D eigenvalue weighted by Crippen LogP contribution is -2.48. The van der Waals surface area contributed by atoms with Gasteiger partial charge in [0.15, 0.2) is 5.96 Å². The van der Waals surface area contributed by atoms with Crippen LogP contribution in [0.5, 0.6) is 5.75 Å². The van der Waals surface area contributed by atoms with E-state index >= 15 is 0 Å². The lowest BCUT2D eigenvalue weighted by Gasteiger charge is -2.34. The molecule has 1 saturated heterocycles. The molecule has 1 N–H and O–H groups in total. The predicted octanol–water partition coefficient (Wildman–Crippen LogP) is 1.73. The Kier molecular flexibility index (Phi) is 5.79. The topological polar surface area (TPSA) is 57.2 Å². The number of ether oxygens (including phenoxy) is 1. The van der Waals surface area contributed by atoms with Gasteiger partial charge < -0.3 is 19.9 Å². The second kappa shape index (κ2) is 8.23. The van der Waals surface area contributed by atoms with E-state index in [4.69, 9.17) is 4.74 Å². The minimum atomic E-state index is 0.0254. The van der Waals surface area contributed by atoms with Crippen LogP contribution in [0, 0.1) is 0 Å². The van der Waals surface area contributed by atoms with E-state index in [1.54, 1.807) is 19.0 Å². The van der Waals surface area contributed by atoms with Crippen LogP contribution in [-0.4, -0.2) is 67.5 Å². The number of piperidine rings is 1. The van der Waals surface area contributed by atoms with Crippen LogP contribution in [0.1, 0.15) is 25.7 Å². The molecular weight excluding hydrogens is 316 g/mol. The van der Waals surface area contributed by atoms with Crippen LogP contribution in [0.2, 0.25) is 0 Å². The lowest BCUT2D eigenvalue weighted by atomic mass is 10.1. The van der Waals surface area contributed by atoms with Gasteiger partial charge in [-0.1, -0.05) is 18.2 Å². The smallest absolute Gasteiger partial charge is 0.243 e. The standard InChI is InChI=1S/C19H28N4O2/c1-22(2)18(24)14-20-19(21-15-8-9-15)23-12-10-17(11-13-23)25-16-6-4-3-5-7-16/h3-7,15,17H,8-14H2,1-2H3,(H,20,21). The molecule has 136 valence electrons. The van der Waals surface area contributed by atoms with Crippen molar-refractivity contribution in [2.75, 3.05) is 33.7 Å². The Morgan fingerprint density at radius 3 is 2.48 bits per heavy atom. The molecular formula is C19H28N4O2. The number of likely N-dealkylation sites (tertiary alicyclic amines) is 1. The molecule has 0 aromatic heterocycles. The van der Waals surface area contributed by atoms with Crippen LogP contribution in [-0.2, 0) is 4.79 Å². The molecule has 6 heteroatoms. The molecule has 3 rings (SSSR count). The Bertz CT molecular complexity index is 591. The third-order valence-corrected chi connectivity index (χ3v) is 4.56. The van der Waals surface area contributed by atoms with Crippen molar-refractivity contribution in [2.24, 2.45) is 4.99 Å². The van der Waals surface area contributed by atoms with E-state index in [9.17, 15) is 4.79 Å².